The van der Waals surface area contributed by atoms with Crippen molar-refractivity contribution < 1.29 is 9.18 Å². The Bertz CT molecular complexity index is 1260. The van der Waals surface area contributed by atoms with Crippen LogP contribution >= 0.6 is 22.7 Å². The molecule has 5 nitrogen and oxygen atoms in total. The van der Waals surface area contributed by atoms with Crippen LogP contribution in [0.15, 0.2) is 46.8 Å². The van der Waals surface area contributed by atoms with E-state index >= 15 is 0 Å². The lowest BCUT2D eigenvalue weighted by Crippen LogP contribution is -2.27. The number of amides is 1. The number of rotatable bonds is 4. The number of aromatic nitrogens is 2. The molecule has 0 saturated carbocycles. The van der Waals surface area contributed by atoms with E-state index in [1.165, 1.54) is 28.3 Å². The first-order valence-corrected chi connectivity index (χ1v) is 10.2. The van der Waals surface area contributed by atoms with Gasteiger partial charge in [0.25, 0.3) is 5.56 Å². The number of carbonyl (C=O) groups is 1. The number of hydrogen-bond donors (Lipinski definition) is 1. The minimum Gasteiger partial charge on any atom is -0.324 e. The van der Waals surface area contributed by atoms with E-state index in [9.17, 15) is 14.0 Å². The standard InChI is InChI=1S/C20H16FN3O2S2/c1-11-3-5-13(7-15(11)21)23-17(25)8-24-10-22-19-18(20(24)26)14(9-27-19)16-6-4-12(2)28-16/h3-7,9-10H,8H2,1-2H3,(H,23,25). The first kappa shape index (κ1) is 18.5. The predicted molar refractivity (Wildman–Crippen MR) is 112 cm³/mol. The Hall–Kier alpha value is -2.84. The average molecular weight is 413 g/mol. The third kappa shape index (κ3) is 3.48. The number of fused-ring (bicyclic) bond motifs is 1. The van der Waals surface area contributed by atoms with Crippen molar-refractivity contribution in [3.63, 3.8) is 0 Å². The summed E-state index contributed by atoms with van der Waals surface area (Å²) in [5.41, 5.74) is 1.42. The van der Waals surface area contributed by atoms with Gasteiger partial charge >= 0.3 is 0 Å². The number of hydrogen-bond acceptors (Lipinski definition) is 5. The van der Waals surface area contributed by atoms with Gasteiger partial charge in [-0.15, -0.1) is 22.7 Å². The highest BCUT2D eigenvalue weighted by Crippen LogP contribution is 2.34. The number of halogens is 1. The molecule has 1 amide bonds. The van der Waals surface area contributed by atoms with Crippen molar-refractivity contribution in [2.45, 2.75) is 20.4 Å². The van der Waals surface area contributed by atoms with Crippen LogP contribution in [0, 0.1) is 19.7 Å². The molecular formula is C20H16FN3O2S2. The zero-order valence-corrected chi connectivity index (χ0v) is 16.8. The van der Waals surface area contributed by atoms with Crippen molar-refractivity contribution in [3.05, 3.63) is 68.7 Å². The van der Waals surface area contributed by atoms with E-state index in [2.05, 4.69) is 10.3 Å². The number of anilines is 1. The Morgan fingerprint density at radius 2 is 2.07 bits per heavy atom. The van der Waals surface area contributed by atoms with Crippen molar-refractivity contribution in [2.24, 2.45) is 0 Å². The molecule has 0 aliphatic carbocycles. The molecule has 0 spiro atoms. The summed E-state index contributed by atoms with van der Waals surface area (Å²) in [6.07, 6.45) is 1.37. The highest BCUT2D eigenvalue weighted by molar-refractivity contribution is 7.19. The van der Waals surface area contributed by atoms with E-state index in [1.54, 1.807) is 30.4 Å². The van der Waals surface area contributed by atoms with Crippen LogP contribution in [0.25, 0.3) is 20.7 Å². The highest BCUT2D eigenvalue weighted by Gasteiger charge is 2.16. The molecule has 3 aromatic heterocycles. The Kier molecular flexibility index (Phi) is 4.82. The van der Waals surface area contributed by atoms with Crippen molar-refractivity contribution >= 4 is 44.5 Å². The maximum absolute atomic E-state index is 13.7. The van der Waals surface area contributed by atoms with Crippen molar-refractivity contribution in [3.8, 4) is 10.4 Å². The maximum atomic E-state index is 13.7. The van der Waals surface area contributed by atoms with Crippen LogP contribution in [0.2, 0.25) is 0 Å². The fraction of sp³-hybridized carbons (Fsp3) is 0.150. The predicted octanol–water partition coefficient (Wildman–Crippen LogP) is 4.58. The van der Waals surface area contributed by atoms with Crippen molar-refractivity contribution in [2.75, 3.05) is 5.32 Å². The largest absolute Gasteiger partial charge is 0.324 e. The number of aryl methyl sites for hydroxylation is 2. The Morgan fingerprint density at radius 3 is 2.79 bits per heavy atom. The molecule has 142 valence electrons. The number of nitrogens with zero attached hydrogens (tertiary/aromatic N) is 2. The van der Waals surface area contributed by atoms with Gasteiger partial charge in [0.15, 0.2) is 0 Å². The van der Waals surface area contributed by atoms with Gasteiger partial charge in [-0.2, -0.15) is 0 Å². The SMILES string of the molecule is Cc1ccc(-c2csc3ncn(CC(=O)Nc4ccc(C)c(F)c4)c(=O)c23)s1. The number of carbonyl (C=O) groups excluding carboxylic acids is 1. The molecule has 1 N–H and O–H groups in total. The minimum absolute atomic E-state index is 0.198. The lowest BCUT2D eigenvalue weighted by Gasteiger charge is -2.08. The van der Waals surface area contributed by atoms with Crippen LogP contribution in [0.1, 0.15) is 10.4 Å². The second-order valence-corrected chi connectivity index (χ2v) is 8.58. The van der Waals surface area contributed by atoms with E-state index in [0.717, 1.165) is 15.3 Å². The van der Waals surface area contributed by atoms with Crippen LogP contribution in [0.4, 0.5) is 10.1 Å². The second-order valence-electron chi connectivity index (χ2n) is 6.43. The molecule has 0 aliphatic heterocycles. The number of thiophene rings is 2. The highest BCUT2D eigenvalue weighted by atomic mass is 32.1. The molecule has 1 aromatic carbocycles. The number of benzene rings is 1. The van der Waals surface area contributed by atoms with Gasteiger partial charge in [0.1, 0.15) is 17.2 Å². The van der Waals surface area contributed by atoms with Crippen LogP contribution in [0.3, 0.4) is 0 Å². The molecule has 28 heavy (non-hydrogen) atoms. The summed E-state index contributed by atoms with van der Waals surface area (Å²) in [7, 11) is 0. The van der Waals surface area contributed by atoms with E-state index in [1.807, 2.05) is 24.4 Å². The van der Waals surface area contributed by atoms with Crippen LogP contribution < -0.4 is 10.9 Å². The molecule has 4 aromatic rings. The van der Waals surface area contributed by atoms with Crippen molar-refractivity contribution in [1.82, 2.24) is 9.55 Å². The Morgan fingerprint density at radius 1 is 1.25 bits per heavy atom. The first-order valence-electron chi connectivity index (χ1n) is 8.52. The molecule has 0 bridgehead atoms. The smallest absolute Gasteiger partial charge is 0.263 e. The topological polar surface area (TPSA) is 64.0 Å². The van der Waals surface area contributed by atoms with Crippen LogP contribution in [0.5, 0.6) is 0 Å². The zero-order valence-electron chi connectivity index (χ0n) is 15.2. The van der Waals surface area contributed by atoms with Gasteiger partial charge in [-0.05, 0) is 43.7 Å². The fourth-order valence-corrected chi connectivity index (χ4v) is 4.73. The van der Waals surface area contributed by atoms with Gasteiger partial charge in [0.2, 0.25) is 5.91 Å². The number of nitrogens with one attached hydrogen (secondary N) is 1. The molecule has 0 radical (unpaired) electrons. The lowest BCUT2D eigenvalue weighted by molar-refractivity contribution is -0.116. The summed E-state index contributed by atoms with van der Waals surface area (Å²) in [6, 6.07) is 8.46. The van der Waals surface area contributed by atoms with Gasteiger partial charge in [0, 0.05) is 26.4 Å². The summed E-state index contributed by atoms with van der Waals surface area (Å²) in [4.78, 5) is 32.4. The van der Waals surface area contributed by atoms with E-state index in [0.29, 0.717) is 21.5 Å². The van der Waals surface area contributed by atoms with Gasteiger partial charge in [0.05, 0.1) is 11.7 Å². The average Bonchev–Trinajstić information content (AvgIpc) is 3.27. The van der Waals surface area contributed by atoms with E-state index in [4.69, 9.17) is 0 Å². The molecule has 8 heteroatoms. The fourth-order valence-electron chi connectivity index (χ4n) is 2.87. The summed E-state index contributed by atoms with van der Waals surface area (Å²) < 4.78 is 14.9. The van der Waals surface area contributed by atoms with E-state index in [-0.39, 0.29) is 12.1 Å². The molecule has 0 aliphatic rings. The Labute approximate surface area is 168 Å². The minimum atomic E-state index is -0.421. The molecular weight excluding hydrogens is 397 g/mol. The molecule has 0 fully saturated rings. The Balaban J connectivity index is 1.63. The third-order valence-corrected chi connectivity index (χ3v) is 6.26. The summed E-state index contributed by atoms with van der Waals surface area (Å²) >= 11 is 3.01. The van der Waals surface area contributed by atoms with Crippen LogP contribution in [-0.2, 0) is 11.3 Å². The molecule has 0 unspecified atom stereocenters. The monoisotopic (exact) mass is 413 g/mol. The van der Waals surface area contributed by atoms with Crippen LogP contribution in [-0.4, -0.2) is 15.5 Å². The van der Waals surface area contributed by atoms with Gasteiger partial charge < -0.3 is 5.32 Å². The zero-order chi connectivity index (χ0) is 19.8. The second kappa shape index (κ2) is 7.29. The van der Waals surface area contributed by atoms with Gasteiger partial charge in [-0.25, -0.2) is 9.37 Å². The maximum Gasteiger partial charge on any atom is 0.263 e. The quantitative estimate of drug-likeness (QED) is 0.533. The molecule has 4 rings (SSSR count). The molecule has 3 heterocycles. The summed E-state index contributed by atoms with van der Waals surface area (Å²) in [6.45, 7) is 3.46. The van der Waals surface area contributed by atoms with Crippen molar-refractivity contribution in [1.29, 1.82) is 0 Å². The molecule has 0 atom stereocenters. The summed E-state index contributed by atoms with van der Waals surface area (Å²) in [5, 5.41) is 5.05. The lowest BCUT2D eigenvalue weighted by atomic mass is 10.2. The first-order chi connectivity index (χ1) is 13.4. The van der Waals surface area contributed by atoms with E-state index < -0.39 is 11.7 Å². The normalized spacial score (nSPS) is 11.1. The third-order valence-electron chi connectivity index (χ3n) is 4.34. The van der Waals surface area contributed by atoms with Gasteiger partial charge in [-0.3, -0.25) is 14.2 Å². The summed E-state index contributed by atoms with van der Waals surface area (Å²) in [5.74, 6) is -0.817. The van der Waals surface area contributed by atoms with Gasteiger partial charge in [-0.1, -0.05) is 6.07 Å². The molecule has 0 saturated heterocycles.